The first kappa shape index (κ1) is 24.5. The van der Waals surface area contributed by atoms with Crippen molar-refractivity contribution in [3.63, 3.8) is 0 Å². The Morgan fingerprint density at radius 1 is 0.465 bits per heavy atom. The standard InChI is InChI=1S/C38H24O4S/c39-43(40)21-25-16-15-24(29-10-5-11-31-30-7-1-3-12-34(30)42-38(29)31)20-33(25)27-18-17-23(19-26(27)22-43)28-9-6-14-36-37(28)32-8-2-4-13-35(32)41-36/h1-20H,21-22H2. The second kappa shape index (κ2) is 8.93. The van der Waals surface area contributed by atoms with Gasteiger partial charge in [-0.3, -0.25) is 0 Å². The second-order valence-corrected chi connectivity index (χ2v) is 13.4. The van der Waals surface area contributed by atoms with E-state index in [1.165, 1.54) is 0 Å². The van der Waals surface area contributed by atoms with Crippen LogP contribution < -0.4 is 0 Å². The van der Waals surface area contributed by atoms with Crippen LogP contribution in [0.5, 0.6) is 0 Å². The molecular weight excluding hydrogens is 552 g/mol. The Morgan fingerprint density at radius 3 is 2.00 bits per heavy atom. The number of fused-ring (bicyclic) bond motifs is 9. The van der Waals surface area contributed by atoms with Crippen LogP contribution in [-0.4, -0.2) is 8.42 Å². The number of benzene rings is 6. The summed E-state index contributed by atoms with van der Waals surface area (Å²) in [6.45, 7) is 0. The van der Waals surface area contributed by atoms with Crippen LogP contribution >= 0.6 is 0 Å². The van der Waals surface area contributed by atoms with Gasteiger partial charge in [-0.1, -0.05) is 91.0 Å². The van der Waals surface area contributed by atoms with Crippen molar-refractivity contribution in [2.75, 3.05) is 0 Å². The first-order chi connectivity index (χ1) is 21.0. The summed E-state index contributed by atoms with van der Waals surface area (Å²) in [6, 6.07) is 40.7. The fourth-order valence-electron chi connectivity index (χ4n) is 6.78. The Balaban J connectivity index is 1.24. The van der Waals surface area contributed by atoms with Crippen molar-refractivity contribution in [1.82, 2.24) is 0 Å². The summed E-state index contributed by atoms with van der Waals surface area (Å²) in [6.07, 6.45) is 0. The third kappa shape index (κ3) is 3.78. The van der Waals surface area contributed by atoms with Gasteiger partial charge in [0.15, 0.2) is 9.84 Å². The van der Waals surface area contributed by atoms with Gasteiger partial charge in [0.25, 0.3) is 0 Å². The molecule has 0 saturated heterocycles. The smallest absolute Gasteiger partial charge is 0.158 e. The highest BCUT2D eigenvalue weighted by atomic mass is 32.2. The number of hydrogen-bond donors (Lipinski definition) is 0. The maximum Gasteiger partial charge on any atom is 0.158 e. The maximum absolute atomic E-state index is 13.4. The van der Waals surface area contributed by atoms with Gasteiger partial charge in [-0.2, -0.15) is 0 Å². The maximum atomic E-state index is 13.4. The third-order valence-electron chi connectivity index (χ3n) is 8.68. The van der Waals surface area contributed by atoms with E-state index in [2.05, 4.69) is 54.6 Å². The molecule has 1 aliphatic heterocycles. The monoisotopic (exact) mass is 576 g/mol. The Kier molecular flexibility index (Phi) is 5.08. The molecule has 0 N–H and O–H groups in total. The van der Waals surface area contributed by atoms with Crippen LogP contribution in [0.25, 0.3) is 77.3 Å². The van der Waals surface area contributed by atoms with E-state index in [0.29, 0.717) is 0 Å². The molecule has 0 fully saturated rings. The Bertz CT molecular complexity index is 2530. The van der Waals surface area contributed by atoms with Crippen molar-refractivity contribution in [3.8, 4) is 33.4 Å². The van der Waals surface area contributed by atoms with Crippen molar-refractivity contribution < 1.29 is 17.3 Å². The van der Waals surface area contributed by atoms with Gasteiger partial charge in [-0.15, -0.1) is 0 Å². The van der Waals surface area contributed by atoms with Gasteiger partial charge < -0.3 is 8.83 Å². The zero-order valence-electron chi connectivity index (χ0n) is 23.0. The van der Waals surface area contributed by atoms with E-state index in [9.17, 15) is 8.42 Å². The van der Waals surface area contributed by atoms with E-state index < -0.39 is 9.84 Å². The number of hydrogen-bond acceptors (Lipinski definition) is 4. The minimum Gasteiger partial charge on any atom is -0.456 e. The van der Waals surface area contributed by atoms with E-state index in [1.807, 2.05) is 66.7 Å². The normalized spacial score (nSPS) is 14.2. The average Bonchev–Trinajstić information content (AvgIpc) is 3.56. The Labute approximate surface area is 247 Å². The highest BCUT2D eigenvalue weighted by Gasteiger charge is 2.25. The minimum absolute atomic E-state index is 0.00339. The fourth-order valence-corrected chi connectivity index (χ4v) is 8.32. The number of para-hydroxylation sites is 3. The molecule has 0 atom stereocenters. The predicted octanol–water partition coefficient (Wildman–Crippen LogP) is 9.91. The number of sulfone groups is 1. The van der Waals surface area contributed by atoms with Crippen molar-refractivity contribution >= 4 is 53.7 Å². The summed E-state index contributed by atoms with van der Waals surface area (Å²) in [7, 11) is -3.38. The Morgan fingerprint density at radius 2 is 1.12 bits per heavy atom. The molecule has 0 spiro atoms. The van der Waals surface area contributed by atoms with E-state index in [0.717, 1.165) is 88.4 Å². The van der Waals surface area contributed by atoms with Gasteiger partial charge >= 0.3 is 0 Å². The molecule has 43 heavy (non-hydrogen) atoms. The van der Waals surface area contributed by atoms with Gasteiger partial charge in [-0.05, 0) is 69.3 Å². The Hall–Kier alpha value is -5.13. The van der Waals surface area contributed by atoms with Crippen LogP contribution in [0.4, 0.5) is 0 Å². The molecule has 0 aliphatic carbocycles. The molecule has 4 nitrogen and oxygen atoms in total. The van der Waals surface area contributed by atoms with Gasteiger partial charge in [-0.25, -0.2) is 8.42 Å². The van der Waals surface area contributed by atoms with Gasteiger partial charge in [0.05, 0.1) is 11.5 Å². The third-order valence-corrected chi connectivity index (χ3v) is 10.2. The van der Waals surface area contributed by atoms with Crippen LogP contribution in [0.1, 0.15) is 11.1 Å². The number of furan rings is 2. The van der Waals surface area contributed by atoms with Crippen LogP contribution in [-0.2, 0) is 21.3 Å². The van der Waals surface area contributed by atoms with Crippen molar-refractivity contribution in [2.24, 2.45) is 0 Å². The van der Waals surface area contributed by atoms with Crippen molar-refractivity contribution in [2.45, 2.75) is 11.5 Å². The average molecular weight is 577 g/mol. The van der Waals surface area contributed by atoms with Crippen LogP contribution in [0.15, 0.2) is 130 Å². The molecule has 2 aromatic heterocycles. The first-order valence-electron chi connectivity index (χ1n) is 14.3. The van der Waals surface area contributed by atoms with E-state index in [-0.39, 0.29) is 11.5 Å². The highest BCUT2D eigenvalue weighted by molar-refractivity contribution is 7.89. The second-order valence-electron chi connectivity index (χ2n) is 11.3. The summed E-state index contributed by atoms with van der Waals surface area (Å²) in [5.74, 6) is -0.00906. The molecule has 9 rings (SSSR count). The van der Waals surface area contributed by atoms with Crippen molar-refractivity contribution in [3.05, 3.63) is 132 Å². The summed E-state index contributed by atoms with van der Waals surface area (Å²) in [4.78, 5) is 0. The molecule has 5 heteroatoms. The summed E-state index contributed by atoms with van der Waals surface area (Å²) in [5, 5.41) is 4.23. The van der Waals surface area contributed by atoms with E-state index in [4.69, 9.17) is 8.83 Å². The van der Waals surface area contributed by atoms with E-state index in [1.54, 1.807) is 0 Å². The first-order valence-corrected chi connectivity index (χ1v) is 16.1. The fraction of sp³-hybridized carbons (Fsp3) is 0.0526. The lowest BCUT2D eigenvalue weighted by atomic mass is 9.90. The van der Waals surface area contributed by atoms with Crippen LogP contribution in [0, 0.1) is 0 Å². The molecule has 6 aromatic carbocycles. The molecule has 0 saturated carbocycles. The molecule has 8 aromatic rings. The molecule has 0 bridgehead atoms. The molecule has 206 valence electrons. The van der Waals surface area contributed by atoms with E-state index >= 15 is 0 Å². The summed E-state index contributed by atoms with van der Waals surface area (Å²) in [5.41, 5.74) is 10.8. The summed E-state index contributed by atoms with van der Waals surface area (Å²) >= 11 is 0. The molecule has 0 unspecified atom stereocenters. The molecule has 0 amide bonds. The zero-order chi connectivity index (χ0) is 28.7. The molecule has 3 heterocycles. The molecular formula is C38H24O4S. The van der Waals surface area contributed by atoms with Crippen LogP contribution in [0.2, 0.25) is 0 Å². The van der Waals surface area contributed by atoms with Crippen molar-refractivity contribution in [1.29, 1.82) is 0 Å². The van der Waals surface area contributed by atoms with Gasteiger partial charge in [0.2, 0.25) is 0 Å². The lowest BCUT2D eigenvalue weighted by Crippen LogP contribution is -2.05. The predicted molar refractivity (Wildman–Crippen MR) is 174 cm³/mol. The SMILES string of the molecule is O=S1(=O)Cc2cc(-c3cccc4oc5ccccc5c34)ccc2-c2cc(-c3cccc4c3oc3ccccc34)ccc2C1. The lowest BCUT2D eigenvalue weighted by Gasteiger charge is -2.13. The largest absolute Gasteiger partial charge is 0.456 e. The highest BCUT2D eigenvalue weighted by Crippen LogP contribution is 2.42. The zero-order valence-corrected chi connectivity index (χ0v) is 23.8. The quantitative estimate of drug-likeness (QED) is 0.205. The van der Waals surface area contributed by atoms with Gasteiger partial charge in [0.1, 0.15) is 22.3 Å². The van der Waals surface area contributed by atoms with Crippen LogP contribution in [0.3, 0.4) is 0 Å². The number of rotatable bonds is 2. The lowest BCUT2D eigenvalue weighted by molar-refractivity contribution is 0.595. The summed E-state index contributed by atoms with van der Waals surface area (Å²) < 4.78 is 39.2. The minimum atomic E-state index is -3.38. The molecule has 0 radical (unpaired) electrons. The van der Waals surface area contributed by atoms with Gasteiger partial charge in [0, 0.05) is 27.1 Å². The molecule has 1 aliphatic rings. The topological polar surface area (TPSA) is 60.4 Å².